The molecule has 2 aromatic rings. The van der Waals surface area contributed by atoms with Crippen LogP contribution in [0.15, 0.2) is 35.6 Å². The minimum absolute atomic E-state index is 0.0421. The van der Waals surface area contributed by atoms with E-state index in [0.29, 0.717) is 5.52 Å². The number of pyridine rings is 2. The third-order valence-corrected chi connectivity index (χ3v) is 2.21. The Balaban J connectivity index is 2.69. The van der Waals surface area contributed by atoms with Crippen molar-refractivity contribution in [1.29, 1.82) is 0 Å². The summed E-state index contributed by atoms with van der Waals surface area (Å²) in [5.41, 5.74) is 0.587. The first-order valence-electron chi connectivity index (χ1n) is 3.57. The number of rotatable bonds is 1. The molecule has 4 nitrogen and oxygen atoms in total. The smallest absolute Gasteiger partial charge is 0.114 e. The Morgan fingerprint density at radius 3 is 2.92 bits per heavy atom. The summed E-state index contributed by atoms with van der Waals surface area (Å²) in [5, 5.41) is 0.921. The standard InChI is InChI=1S/C8H6N2O2S/c11-13(12)8-2-1-6-3-4-9-5-7(6)10-8/h1-5H,(H,11,12)/p-1. The van der Waals surface area contributed by atoms with Gasteiger partial charge in [-0.25, -0.2) is 4.98 Å². The van der Waals surface area contributed by atoms with Gasteiger partial charge in [0.1, 0.15) is 5.03 Å². The van der Waals surface area contributed by atoms with E-state index in [1.165, 1.54) is 12.3 Å². The lowest BCUT2D eigenvalue weighted by Crippen LogP contribution is -1.93. The van der Waals surface area contributed by atoms with Crippen molar-refractivity contribution in [2.24, 2.45) is 0 Å². The molecule has 1 atom stereocenters. The zero-order chi connectivity index (χ0) is 9.26. The highest BCUT2D eigenvalue weighted by atomic mass is 32.2. The molecule has 0 amide bonds. The monoisotopic (exact) mass is 193 g/mol. The van der Waals surface area contributed by atoms with Gasteiger partial charge in [0.05, 0.1) is 11.7 Å². The average Bonchev–Trinajstić information content (AvgIpc) is 2.17. The maximum absolute atomic E-state index is 10.6. The number of hydrogen-bond donors (Lipinski definition) is 0. The van der Waals surface area contributed by atoms with Crippen LogP contribution in [-0.2, 0) is 11.1 Å². The molecule has 2 aromatic heterocycles. The zero-order valence-corrected chi connectivity index (χ0v) is 7.32. The van der Waals surface area contributed by atoms with Gasteiger partial charge >= 0.3 is 0 Å². The third kappa shape index (κ3) is 1.56. The van der Waals surface area contributed by atoms with Gasteiger partial charge in [-0.2, -0.15) is 0 Å². The van der Waals surface area contributed by atoms with Crippen LogP contribution in [0, 0.1) is 0 Å². The van der Waals surface area contributed by atoms with Crippen LogP contribution in [0.2, 0.25) is 0 Å². The lowest BCUT2D eigenvalue weighted by molar-refractivity contribution is 0.534. The number of hydrogen-bond acceptors (Lipinski definition) is 4. The predicted octanol–water partition coefficient (Wildman–Crippen LogP) is 0.868. The molecule has 0 aromatic carbocycles. The summed E-state index contributed by atoms with van der Waals surface area (Å²) in [6, 6.07) is 4.94. The van der Waals surface area contributed by atoms with E-state index in [1.807, 2.05) is 0 Å². The highest BCUT2D eigenvalue weighted by Crippen LogP contribution is 2.11. The zero-order valence-electron chi connectivity index (χ0n) is 6.51. The summed E-state index contributed by atoms with van der Waals surface area (Å²) >= 11 is -2.27. The minimum atomic E-state index is -2.27. The second-order valence-electron chi connectivity index (χ2n) is 2.45. The van der Waals surface area contributed by atoms with Crippen LogP contribution in [0.25, 0.3) is 10.9 Å². The van der Waals surface area contributed by atoms with Crippen LogP contribution in [0.5, 0.6) is 0 Å². The Bertz CT molecular complexity index is 472. The summed E-state index contributed by atoms with van der Waals surface area (Å²) in [7, 11) is 0. The van der Waals surface area contributed by atoms with E-state index >= 15 is 0 Å². The molecule has 0 aliphatic rings. The molecule has 2 heterocycles. The second-order valence-corrected chi connectivity index (χ2v) is 3.34. The van der Waals surface area contributed by atoms with Crippen molar-refractivity contribution < 1.29 is 8.76 Å². The van der Waals surface area contributed by atoms with Crippen molar-refractivity contribution in [3.8, 4) is 0 Å². The van der Waals surface area contributed by atoms with Crippen LogP contribution < -0.4 is 0 Å². The minimum Gasteiger partial charge on any atom is -0.767 e. The van der Waals surface area contributed by atoms with E-state index in [4.69, 9.17) is 0 Å². The molecule has 0 spiro atoms. The summed E-state index contributed by atoms with van der Waals surface area (Å²) < 4.78 is 21.1. The van der Waals surface area contributed by atoms with Crippen molar-refractivity contribution >= 4 is 22.0 Å². The highest BCUT2D eigenvalue weighted by molar-refractivity contribution is 7.79. The molecule has 0 saturated carbocycles. The van der Waals surface area contributed by atoms with E-state index in [2.05, 4.69) is 9.97 Å². The fourth-order valence-corrected chi connectivity index (χ4v) is 1.39. The van der Waals surface area contributed by atoms with Crippen molar-refractivity contribution in [3.63, 3.8) is 0 Å². The largest absolute Gasteiger partial charge is 0.767 e. The van der Waals surface area contributed by atoms with Crippen molar-refractivity contribution in [2.75, 3.05) is 0 Å². The Kier molecular flexibility index (Phi) is 2.03. The van der Waals surface area contributed by atoms with E-state index in [-0.39, 0.29) is 5.03 Å². The quantitative estimate of drug-likeness (QED) is 0.630. The van der Waals surface area contributed by atoms with E-state index in [1.54, 1.807) is 18.3 Å². The normalized spacial score (nSPS) is 13.0. The van der Waals surface area contributed by atoms with Gasteiger partial charge in [-0.3, -0.25) is 9.19 Å². The first-order valence-corrected chi connectivity index (χ1v) is 4.65. The Hall–Kier alpha value is -1.33. The van der Waals surface area contributed by atoms with Gasteiger partial charge < -0.3 is 4.55 Å². The summed E-state index contributed by atoms with van der Waals surface area (Å²) in [6.45, 7) is 0. The molecule has 0 fully saturated rings. The third-order valence-electron chi connectivity index (χ3n) is 1.64. The molecule has 0 radical (unpaired) electrons. The molecule has 66 valence electrons. The Morgan fingerprint density at radius 1 is 1.31 bits per heavy atom. The predicted molar refractivity (Wildman–Crippen MR) is 46.7 cm³/mol. The number of fused-ring (bicyclic) bond motifs is 1. The van der Waals surface area contributed by atoms with Gasteiger partial charge in [-0.15, -0.1) is 0 Å². The first-order chi connectivity index (χ1) is 6.27. The van der Waals surface area contributed by atoms with Crippen molar-refractivity contribution in [1.82, 2.24) is 9.97 Å². The Morgan fingerprint density at radius 2 is 2.15 bits per heavy atom. The maximum atomic E-state index is 10.6. The van der Waals surface area contributed by atoms with E-state index < -0.39 is 11.1 Å². The van der Waals surface area contributed by atoms with Gasteiger partial charge in [0.25, 0.3) is 0 Å². The summed E-state index contributed by atoms with van der Waals surface area (Å²) in [4.78, 5) is 7.75. The van der Waals surface area contributed by atoms with Gasteiger partial charge in [-0.1, -0.05) is 0 Å². The molecule has 5 heteroatoms. The topological polar surface area (TPSA) is 65.9 Å². The van der Waals surface area contributed by atoms with Crippen molar-refractivity contribution in [2.45, 2.75) is 5.03 Å². The van der Waals surface area contributed by atoms with Gasteiger partial charge in [0.2, 0.25) is 0 Å². The van der Waals surface area contributed by atoms with Gasteiger partial charge in [-0.05, 0) is 29.3 Å². The van der Waals surface area contributed by atoms with E-state index in [0.717, 1.165) is 5.39 Å². The van der Waals surface area contributed by atoms with Crippen molar-refractivity contribution in [3.05, 3.63) is 30.6 Å². The molecule has 0 aliphatic carbocycles. The van der Waals surface area contributed by atoms with Crippen LogP contribution in [0.3, 0.4) is 0 Å². The van der Waals surface area contributed by atoms with E-state index in [9.17, 15) is 8.76 Å². The lowest BCUT2D eigenvalue weighted by atomic mass is 10.3. The molecule has 13 heavy (non-hydrogen) atoms. The number of aromatic nitrogens is 2. The van der Waals surface area contributed by atoms with Crippen LogP contribution in [0.4, 0.5) is 0 Å². The Labute approximate surface area is 76.9 Å². The molecular weight excluding hydrogens is 188 g/mol. The average molecular weight is 193 g/mol. The van der Waals surface area contributed by atoms with Crippen LogP contribution in [-0.4, -0.2) is 18.7 Å². The molecule has 0 aliphatic heterocycles. The number of nitrogens with zero attached hydrogens (tertiary/aromatic N) is 2. The van der Waals surface area contributed by atoms with Crippen LogP contribution in [0.1, 0.15) is 0 Å². The van der Waals surface area contributed by atoms with Gasteiger partial charge in [0.15, 0.2) is 0 Å². The summed E-state index contributed by atoms with van der Waals surface area (Å²) in [5.74, 6) is 0. The fourth-order valence-electron chi connectivity index (χ4n) is 1.04. The molecule has 1 unspecified atom stereocenters. The summed E-state index contributed by atoms with van der Waals surface area (Å²) in [6.07, 6.45) is 3.17. The van der Waals surface area contributed by atoms with Gasteiger partial charge in [0, 0.05) is 11.6 Å². The van der Waals surface area contributed by atoms with Crippen LogP contribution >= 0.6 is 0 Å². The first kappa shape index (κ1) is 8.28. The second kappa shape index (κ2) is 3.20. The fraction of sp³-hybridized carbons (Fsp3) is 0. The molecular formula is C8H5N2O2S-. The molecule has 0 N–H and O–H groups in total. The molecule has 2 rings (SSSR count). The lowest BCUT2D eigenvalue weighted by Gasteiger charge is -2.04. The molecule has 0 bridgehead atoms. The highest BCUT2D eigenvalue weighted by Gasteiger charge is 1.97. The maximum Gasteiger partial charge on any atom is 0.114 e. The SMILES string of the molecule is O=S([O-])c1ccc2ccncc2n1. The molecule has 0 saturated heterocycles.